The minimum Gasteiger partial charge on any atom is -0.388 e. The third-order valence-electron chi connectivity index (χ3n) is 3.48. The summed E-state index contributed by atoms with van der Waals surface area (Å²) in [5.41, 5.74) is 7.36. The molecule has 2 aromatic rings. The Balaban J connectivity index is 2.48. The first-order chi connectivity index (χ1) is 9.95. The number of rotatable bonds is 4. The van der Waals surface area contributed by atoms with Gasteiger partial charge in [0.2, 0.25) is 0 Å². The second kappa shape index (κ2) is 6.75. The summed E-state index contributed by atoms with van der Waals surface area (Å²) < 4.78 is 14.0. The summed E-state index contributed by atoms with van der Waals surface area (Å²) in [4.78, 5) is 0. The fourth-order valence-corrected chi connectivity index (χ4v) is 3.05. The molecule has 0 aliphatic carbocycles. The van der Waals surface area contributed by atoms with Crippen LogP contribution < -0.4 is 5.73 Å². The summed E-state index contributed by atoms with van der Waals surface area (Å²) in [6, 6.07) is 9.63. The average molecular weight is 328 g/mol. The van der Waals surface area contributed by atoms with Crippen LogP contribution >= 0.6 is 23.2 Å². The van der Waals surface area contributed by atoms with Gasteiger partial charge in [0, 0.05) is 28.1 Å². The summed E-state index contributed by atoms with van der Waals surface area (Å²) in [5.74, 6) is -1.06. The SMILES string of the molecule is Cc1ccc(F)c(C(O)C(CN)c2c(Cl)cccc2Cl)c1. The molecule has 0 aliphatic rings. The molecule has 2 atom stereocenters. The van der Waals surface area contributed by atoms with Gasteiger partial charge in [-0.25, -0.2) is 4.39 Å². The van der Waals surface area contributed by atoms with Crippen molar-refractivity contribution >= 4 is 23.2 Å². The molecule has 3 N–H and O–H groups in total. The molecule has 2 aromatic carbocycles. The van der Waals surface area contributed by atoms with Crippen molar-refractivity contribution in [2.45, 2.75) is 18.9 Å². The lowest BCUT2D eigenvalue weighted by Gasteiger charge is -2.24. The quantitative estimate of drug-likeness (QED) is 0.883. The minimum atomic E-state index is -1.12. The summed E-state index contributed by atoms with van der Waals surface area (Å²) in [6.45, 7) is 1.92. The Kier molecular flexibility index (Phi) is 5.22. The van der Waals surface area contributed by atoms with E-state index in [9.17, 15) is 9.50 Å². The van der Waals surface area contributed by atoms with Gasteiger partial charge in [0.25, 0.3) is 0 Å². The number of benzene rings is 2. The van der Waals surface area contributed by atoms with Crippen LogP contribution in [0.3, 0.4) is 0 Å². The van der Waals surface area contributed by atoms with Gasteiger partial charge in [-0.05, 0) is 30.7 Å². The van der Waals surface area contributed by atoms with E-state index in [1.165, 1.54) is 6.07 Å². The predicted octanol–water partition coefficient (Wildman–Crippen LogP) is 4.22. The van der Waals surface area contributed by atoms with Gasteiger partial charge in [-0.1, -0.05) is 47.0 Å². The van der Waals surface area contributed by atoms with Gasteiger partial charge in [0.05, 0.1) is 6.10 Å². The van der Waals surface area contributed by atoms with Crippen LogP contribution in [0, 0.1) is 12.7 Å². The van der Waals surface area contributed by atoms with Gasteiger partial charge >= 0.3 is 0 Å². The molecule has 2 rings (SSSR count). The lowest BCUT2D eigenvalue weighted by Crippen LogP contribution is -2.21. The van der Waals surface area contributed by atoms with Gasteiger partial charge in [0.1, 0.15) is 5.82 Å². The molecule has 0 spiro atoms. The molecule has 0 saturated heterocycles. The van der Waals surface area contributed by atoms with E-state index in [0.29, 0.717) is 15.6 Å². The van der Waals surface area contributed by atoms with E-state index in [2.05, 4.69) is 0 Å². The number of nitrogens with two attached hydrogens (primary N) is 1. The molecular formula is C16H16Cl2FNO. The Hall–Kier alpha value is -1.13. The summed E-state index contributed by atoms with van der Waals surface area (Å²) in [5, 5.41) is 11.4. The van der Waals surface area contributed by atoms with Gasteiger partial charge in [0.15, 0.2) is 0 Å². The molecule has 0 aromatic heterocycles. The molecule has 0 heterocycles. The molecule has 0 fully saturated rings. The number of hydrogen-bond acceptors (Lipinski definition) is 2. The van der Waals surface area contributed by atoms with Crippen LogP contribution in [0.5, 0.6) is 0 Å². The normalized spacial score (nSPS) is 14.0. The topological polar surface area (TPSA) is 46.2 Å². The zero-order chi connectivity index (χ0) is 15.6. The third-order valence-corrected chi connectivity index (χ3v) is 4.13. The molecule has 0 aliphatic heterocycles. The maximum atomic E-state index is 14.0. The molecule has 0 radical (unpaired) electrons. The maximum Gasteiger partial charge on any atom is 0.129 e. The lowest BCUT2D eigenvalue weighted by molar-refractivity contribution is 0.143. The number of aliphatic hydroxyl groups excluding tert-OH is 1. The largest absolute Gasteiger partial charge is 0.388 e. The van der Waals surface area contributed by atoms with Crippen molar-refractivity contribution in [3.63, 3.8) is 0 Å². The second-order valence-electron chi connectivity index (χ2n) is 4.95. The van der Waals surface area contributed by atoms with Crippen molar-refractivity contribution in [1.29, 1.82) is 0 Å². The molecule has 0 bridgehead atoms. The number of aryl methyl sites for hydroxylation is 1. The highest BCUT2D eigenvalue weighted by molar-refractivity contribution is 6.36. The zero-order valence-electron chi connectivity index (χ0n) is 11.5. The summed E-state index contributed by atoms with van der Waals surface area (Å²) in [7, 11) is 0. The molecule has 112 valence electrons. The summed E-state index contributed by atoms with van der Waals surface area (Å²) >= 11 is 12.3. The maximum absolute atomic E-state index is 14.0. The van der Waals surface area contributed by atoms with Crippen molar-refractivity contribution in [1.82, 2.24) is 0 Å². The van der Waals surface area contributed by atoms with Crippen molar-refractivity contribution in [3.05, 3.63) is 69.0 Å². The Morgan fingerprint density at radius 1 is 1.19 bits per heavy atom. The number of hydrogen-bond donors (Lipinski definition) is 2. The highest BCUT2D eigenvalue weighted by atomic mass is 35.5. The van der Waals surface area contributed by atoms with Crippen LogP contribution in [0.2, 0.25) is 10.0 Å². The van der Waals surface area contributed by atoms with Gasteiger partial charge in [-0.3, -0.25) is 0 Å². The van der Waals surface area contributed by atoms with Gasteiger partial charge in [-0.2, -0.15) is 0 Å². The van der Waals surface area contributed by atoms with Crippen LogP contribution in [0.15, 0.2) is 36.4 Å². The van der Waals surface area contributed by atoms with Crippen molar-refractivity contribution in [2.75, 3.05) is 6.54 Å². The molecule has 2 nitrogen and oxygen atoms in total. The predicted molar refractivity (Wildman–Crippen MR) is 84.4 cm³/mol. The fourth-order valence-electron chi connectivity index (χ4n) is 2.38. The van der Waals surface area contributed by atoms with Gasteiger partial charge in [-0.15, -0.1) is 0 Å². The number of aliphatic hydroxyl groups is 1. The first-order valence-corrected chi connectivity index (χ1v) is 7.29. The molecule has 21 heavy (non-hydrogen) atoms. The van der Waals surface area contributed by atoms with Crippen LogP contribution in [0.4, 0.5) is 4.39 Å². The molecule has 0 amide bonds. The van der Waals surface area contributed by atoms with E-state index < -0.39 is 17.8 Å². The Bertz CT molecular complexity index is 628. The molecule has 5 heteroatoms. The monoisotopic (exact) mass is 327 g/mol. The van der Waals surface area contributed by atoms with Crippen molar-refractivity contribution in [3.8, 4) is 0 Å². The van der Waals surface area contributed by atoms with E-state index in [-0.39, 0.29) is 12.1 Å². The average Bonchev–Trinajstić information content (AvgIpc) is 2.45. The first kappa shape index (κ1) is 16.2. The highest BCUT2D eigenvalue weighted by Gasteiger charge is 2.27. The highest BCUT2D eigenvalue weighted by Crippen LogP contribution is 2.39. The standard InChI is InChI=1S/C16H16Cl2FNO/c1-9-5-6-14(19)10(7-9)16(21)11(8-20)15-12(17)3-2-4-13(15)18/h2-7,11,16,21H,8,20H2,1H3. The van der Waals surface area contributed by atoms with E-state index in [1.54, 1.807) is 30.3 Å². The lowest BCUT2D eigenvalue weighted by atomic mass is 9.88. The Morgan fingerprint density at radius 3 is 2.38 bits per heavy atom. The zero-order valence-corrected chi connectivity index (χ0v) is 13.0. The summed E-state index contributed by atoms with van der Waals surface area (Å²) in [6.07, 6.45) is -1.12. The van der Waals surface area contributed by atoms with Crippen molar-refractivity contribution < 1.29 is 9.50 Å². The smallest absolute Gasteiger partial charge is 0.129 e. The van der Waals surface area contributed by atoms with Crippen molar-refractivity contribution in [2.24, 2.45) is 5.73 Å². The van der Waals surface area contributed by atoms with E-state index in [1.807, 2.05) is 6.92 Å². The fraction of sp³-hybridized carbons (Fsp3) is 0.250. The molecular weight excluding hydrogens is 312 g/mol. The Labute approximate surface area is 133 Å². The third kappa shape index (κ3) is 3.38. The minimum absolute atomic E-state index is 0.0952. The molecule has 0 saturated carbocycles. The van der Waals surface area contributed by atoms with Gasteiger partial charge < -0.3 is 10.8 Å². The second-order valence-corrected chi connectivity index (χ2v) is 5.76. The van der Waals surface area contributed by atoms with Crippen LogP contribution in [-0.4, -0.2) is 11.7 Å². The van der Waals surface area contributed by atoms with E-state index in [4.69, 9.17) is 28.9 Å². The first-order valence-electron chi connectivity index (χ1n) is 6.53. The Morgan fingerprint density at radius 2 is 1.81 bits per heavy atom. The van der Waals surface area contributed by atoms with Crippen LogP contribution in [-0.2, 0) is 0 Å². The van der Waals surface area contributed by atoms with E-state index in [0.717, 1.165) is 5.56 Å². The number of halogens is 3. The van der Waals surface area contributed by atoms with Crippen LogP contribution in [0.25, 0.3) is 0 Å². The molecule has 2 unspecified atom stereocenters. The van der Waals surface area contributed by atoms with E-state index >= 15 is 0 Å². The van der Waals surface area contributed by atoms with Crippen LogP contribution in [0.1, 0.15) is 28.7 Å².